The summed E-state index contributed by atoms with van der Waals surface area (Å²) in [6.07, 6.45) is 0. The largest absolute Gasteiger partial charge is 1.00 e. The molecule has 1 spiro atoms. The number of esters is 1. The zero-order chi connectivity index (χ0) is 34.9. The van der Waals surface area contributed by atoms with Crippen LogP contribution in [-0.2, 0) is 10.3 Å². The van der Waals surface area contributed by atoms with Crippen molar-refractivity contribution in [2.24, 2.45) is 0 Å². The van der Waals surface area contributed by atoms with Gasteiger partial charge in [-0.2, -0.15) is 0 Å². The third-order valence-corrected chi connectivity index (χ3v) is 12.2. The van der Waals surface area contributed by atoms with E-state index in [1.807, 2.05) is 12.1 Å². The Balaban J connectivity index is 0.000000181. The van der Waals surface area contributed by atoms with Crippen molar-refractivity contribution in [3.8, 4) is 33.6 Å². The van der Waals surface area contributed by atoms with Crippen molar-refractivity contribution in [3.05, 3.63) is 118 Å². The molecule has 8 rings (SSSR count). The van der Waals surface area contributed by atoms with Gasteiger partial charge in [-0.25, -0.2) is 14.4 Å². The Morgan fingerprint density at radius 1 is 0.820 bits per heavy atom. The summed E-state index contributed by atoms with van der Waals surface area (Å²) in [6, 6.07) is 23.3. The molecule has 256 valence electrons. The number of hydrogen-bond donors (Lipinski definition) is 2. The predicted octanol–water partition coefficient (Wildman–Crippen LogP) is 6.22. The van der Waals surface area contributed by atoms with Crippen LogP contribution in [0, 0.1) is 0 Å². The Morgan fingerprint density at radius 2 is 1.44 bits per heavy atom. The molecule has 0 atom stereocenters. The lowest BCUT2D eigenvalue weighted by Gasteiger charge is -2.37. The Hall–Kier alpha value is -3.20. The van der Waals surface area contributed by atoms with Crippen molar-refractivity contribution in [2.45, 2.75) is 5.60 Å². The fourth-order valence-corrected chi connectivity index (χ4v) is 9.36. The molecule has 0 saturated heterocycles. The number of aromatic nitrogens is 1. The standard InChI is InChI=1S/C20H8Br4O5.C16H18N3S.ClH/c21-11-5-9-17(13(23)15(11)25)28-18-10(6-12(22)16(26)14(18)24)20(9)8-4-2-1-3-7(8)19(27)29-20;1-18(2)11-5-7-13-15(9-11)20-16-10-12(19(3)4)6-8-14(16)17-13;/h1-6,25-26H;5-10H,1-4H3;1H/q;+1;/p-1. The number of ether oxygens (including phenoxy) is 2. The van der Waals surface area contributed by atoms with E-state index in [0.29, 0.717) is 40.1 Å². The second kappa shape index (κ2) is 13.7. The summed E-state index contributed by atoms with van der Waals surface area (Å²) in [7, 11) is 8.24. The molecule has 0 aromatic heterocycles. The number of carbonyl (C=O) groups excluding carboxylic acids is 1. The van der Waals surface area contributed by atoms with E-state index in [0.717, 1.165) is 11.2 Å². The summed E-state index contributed by atoms with van der Waals surface area (Å²) in [5.74, 6) is -0.0230. The van der Waals surface area contributed by atoms with Gasteiger partial charge in [-0.05, 0) is 106 Å². The van der Waals surface area contributed by atoms with E-state index in [-0.39, 0.29) is 35.4 Å². The molecule has 0 amide bonds. The fraction of sp³-hybridized carbons (Fsp3) is 0.139. The van der Waals surface area contributed by atoms with Gasteiger partial charge in [0.2, 0.25) is 5.36 Å². The van der Waals surface area contributed by atoms with Crippen LogP contribution in [0.5, 0.6) is 23.0 Å². The SMILES string of the molecule is CN(C)c1ccc2nc3ccc(=[N+](C)C)cc-3sc2c1.O=C1OC2(c3ccccc31)c1cc(Br)c(O)c(Br)c1Oc1c2cc(Br)c(O)c1Br.[Cl-]. The van der Waals surface area contributed by atoms with Crippen molar-refractivity contribution < 1.29 is 36.9 Å². The lowest BCUT2D eigenvalue weighted by Crippen LogP contribution is -3.00. The number of carbonyl (C=O) groups is 1. The minimum absolute atomic E-state index is 0. The Morgan fingerprint density at radius 3 is 2.04 bits per heavy atom. The minimum Gasteiger partial charge on any atom is -1.00 e. The molecular formula is C36H26Br4ClN3O5S. The molecule has 0 saturated carbocycles. The molecule has 8 nitrogen and oxygen atoms in total. The van der Waals surface area contributed by atoms with E-state index in [2.05, 4.69) is 138 Å². The number of fused-ring (bicyclic) bond motifs is 8. The minimum atomic E-state index is -1.33. The predicted molar refractivity (Wildman–Crippen MR) is 207 cm³/mol. The van der Waals surface area contributed by atoms with Gasteiger partial charge in [0, 0.05) is 37.5 Å². The maximum absolute atomic E-state index is 12.8. The van der Waals surface area contributed by atoms with Gasteiger partial charge in [-0.3, -0.25) is 0 Å². The lowest BCUT2D eigenvalue weighted by atomic mass is 9.77. The molecule has 1 aliphatic carbocycles. The van der Waals surface area contributed by atoms with Crippen molar-refractivity contribution >= 4 is 96.9 Å². The van der Waals surface area contributed by atoms with Gasteiger partial charge < -0.3 is 37.0 Å². The summed E-state index contributed by atoms with van der Waals surface area (Å²) in [4.78, 5) is 20.9. The van der Waals surface area contributed by atoms with Crippen LogP contribution in [0.2, 0.25) is 0 Å². The first-order valence-electron chi connectivity index (χ1n) is 14.8. The number of anilines is 1. The summed E-state index contributed by atoms with van der Waals surface area (Å²) < 4.78 is 16.9. The molecule has 0 fully saturated rings. The van der Waals surface area contributed by atoms with E-state index in [9.17, 15) is 15.0 Å². The maximum Gasteiger partial charge on any atom is 0.340 e. The normalized spacial score (nSPS) is 13.3. The number of phenols is 2. The van der Waals surface area contributed by atoms with Crippen molar-refractivity contribution in [2.75, 3.05) is 33.1 Å². The molecular weight excluding hydrogens is 942 g/mol. The van der Waals surface area contributed by atoms with Crippen molar-refractivity contribution in [1.82, 2.24) is 9.56 Å². The molecule has 4 aromatic carbocycles. The number of benzene rings is 5. The number of phenolic OH excluding ortho intramolecular Hbond substituents is 2. The smallest absolute Gasteiger partial charge is 0.340 e. The molecule has 14 heteroatoms. The molecule has 0 radical (unpaired) electrons. The van der Waals surface area contributed by atoms with Gasteiger partial charge in [0.1, 0.15) is 34.5 Å². The molecule has 0 bridgehead atoms. The molecule has 3 heterocycles. The topological polar surface area (TPSA) is 95.1 Å². The average molecular weight is 968 g/mol. The zero-order valence-corrected chi connectivity index (χ0v) is 34.6. The Bertz CT molecular complexity index is 2350. The lowest BCUT2D eigenvalue weighted by molar-refractivity contribution is -0.0000566. The van der Waals surface area contributed by atoms with Gasteiger partial charge in [0.15, 0.2) is 17.1 Å². The summed E-state index contributed by atoms with van der Waals surface area (Å²) >= 11 is 15.3. The van der Waals surface area contributed by atoms with Crippen molar-refractivity contribution in [3.63, 3.8) is 0 Å². The molecule has 50 heavy (non-hydrogen) atoms. The molecule has 4 aliphatic rings. The average Bonchev–Trinajstić information content (AvgIpc) is 3.38. The van der Waals surface area contributed by atoms with Crippen LogP contribution in [0.3, 0.4) is 0 Å². The molecule has 2 N–H and O–H groups in total. The summed E-state index contributed by atoms with van der Waals surface area (Å²) in [6.45, 7) is 0. The highest BCUT2D eigenvalue weighted by Crippen LogP contribution is 2.62. The summed E-state index contributed by atoms with van der Waals surface area (Å²) in [5.41, 5.74) is 4.15. The first-order chi connectivity index (χ1) is 23.3. The molecule has 0 unspecified atom stereocenters. The number of nitrogens with zero attached hydrogens (tertiary/aromatic N) is 3. The van der Waals surface area contributed by atoms with E-state index < -0.39 is 11.6 Å². The number of hydrogen-bond acceptors (Lipinski definition) is 8. The monoisotopic (exact) mass is 963 g/mol. The molecule has 3 aliphatic heterocycles. The maximum atomic E-state index is 12.8. The van der Waals surface area contributed by atoms with Crippen LogP contribution in [0.1, 0.15) is 27.0 Å². The fourth-order valence-electron chi connectivity index (χ4n) is 5.93. The highest BCUT2D eigenvalue weighted by molar-refractivity contribution is 9.11. The van der Waals surface area contributed by atoms with Crippen LogP contribution in [0.4, 0.5) is 5.69 Å². The van der Waals surface area contributed by atoms with Gasteiger partial charge in [-0.1, -0.05) is 18.2 Å². The van der Waals surface area contributed by atoms with E-state index in [1.54, 1.807) is 35.6 Å². The first-order valence-corrected chi connectivity index (χ1v) is 18.8. The second-order valence-electron chi connectivity index (χ2n) is 11.8. The van der Waals surface area contributed by atoms with Crippen LogP contribution in [0.25, 0.3) is 20.8 Å². The zero-order valence-electron chi connectivity index (χ0n) is 26.7. The Labute approximate surface area is 331 Å². The van der Waals surface area contributed by atoms with E-state index in [4.69, 9.17) is 14.5 Å². The van der Waals surface area contributed by atoms with Crippen LogP contribution in [-0.4, -0.2) is 49.4 Å². The highest BCUT2D eigenvalue weighted by atomic mass is 79.9. The van der Waals surface area contributed by atoms with Crippen LogP contribution in [0.15, 0.2) is 90.7 Å². The second-order valence-corrected chi connectivity index (χ2v) is 16.2. The number of halogens is 5. The van der Waals surface area contributed by atoms with Crippen LogP contribution >= 0.6 is 75.1 Å². The van der Waals surface area contributed by atoms with Gasteiger partial charge in [0.25, 0.3) is 0 Å². The highest BCUT2D eigenvalue weighted by Gasteiger charge is 2.55. The third-order valence-electron chi connectivity index (χ3n) is 8.41. The number of rotatable bonds is 1. The summed E-state index contributed by atoms with van der Waals surface area (Å²) in [5, 5.41) is 22.0. The third kappa shape index (κ3) is 5.89. The van der Waals surface area contributed by atoms with Gasteiger partial charge in [0.05, 0.1) is 46.4 Å². The Kier molecular flexibility index (Phi) is 10.1. The van der Waals surface area contributed by atoms with E-state index in [1.165, 1.54) is 20.6 Å². The van der Waals surface area contributed by atoms with Gasteiger partial charge in [-0.15, -0.1) is 11.3 Å². The first kappa shape index (κ1) is 36.6. The number of aromatic hydroxyl groups is 2. The van der Waals surface area contributed by atoms with Crippen molar-refractivity contribution in [1.29, 1.82) is 0 Å². The van der Waals surface area contributed by atoms with E-state index >= 15 is 0 Å². The van der Waals surface area contributed by atoms with Crippen LogP contribution < -0.4 is 32.0 Å². The quantitative estimate of drug-likeness (QED) is 0.115. The van der Waals surface area contributed by atoms with Gasteiger partial charge >= 0.3 is 5.97 Å². The molecule has 4 aromatic rings.